The van der Waals surface area contributed by atoms with E-state index >= 15 is 0 Å². The maximum atomic E-state index is 5.69. The first-order chi connectivity index (χ1) is 7.19. The van der Waals surface area contributed by atoms with Gasteiger partial charge in [-0.2, -0.15) is 5.10 Å². The first-order valence-corrected chi connectivity index (χ1v) is 5.81. The van der Waals surface area contributed by atoms with Gasteiger partial charge in [0.2, 0.25) is 0 Å². The Balaban J connectivity index is 2.11. The molecule has 84 valence electrons. The number of hydrogen-bond acceptors (Lipinski definition) is 3. The van der Waals surface area contributed by atoms with E-state index in [0.29, 0.717) is 11.8 Å². The minimum absolute atomic E-state index is 0.589. The van der Waals surface area contributed by atoms with E-state index in [1.807, 2.05) is 0 Å². The van der Waals surface area contributed by atoms with Crippen LogP contribution in [0.5, 0.6) is 0 Å². The Morgan fingerprint density at radius 2 is 2.33 bits per heavy atom. The van der Waals surface area contributed by atoms with Crippen LogP contribution in [-0.2, 0) is 19.4 Å². The molecule has 15 heavy (non-hydrogen) atoms. The van der Waals surface area contributed by atoms with Gasteiger partial charge in [-0.25, -0.2) is 9.67 Å². The monoisotopic (exact) mass is 208 g/mol. The molecule has 1 aromatic rings. The topological polar surface area (TPSA) is 56.7 Å². The zero-order chi connectivity index (χ0) is 10.8. The molecule has 0 amide bonds. The summed E-state index contributed by atoms with van der Waals surface area (Å²) in [7, 11) is 0. The van der Waals surface area contributed by atoms with E-state index in [9.17, 15) is 0 Å². The van der Waals surface area contributed by atoms with E-state index in [-0.39, 0.29) is 0 Å². The summed E-state index contributed by atoms with van der Waals surface area (Å²) < 4.78 is 2.05. The normalized spacial score (nSPS) is 20.7. The number of nitrogens with two attached hydrogens (primary N) is 1. The summed E-state index contributed by atoms with van der Waals surface area (Å²) in [4.78, 5) is 4.57. The standard InChI is InChI=1S/C11H20N4/c1-8(2)5-10-13-11-4-3-9(6-12)7-15(11)14-10/h8-9H,3-7,12H2,1-2H3. The van der Waals surface area contributed by atoms with Crippen LogP contribution in [0.2, 0.25) is 0 Å². The molecule has 2 N–H and O–H groups in total. The van der Waals surface area contributed by atoms with Crippen molar-refractivity contribution in [1.29, 1.82) is 0 Å². The van der Waals surface area contributed by atoms with Crippen LogP contribution < -0.4 is 5.73 Å². The molecule has 0 fully saturated rings. The Hall–Kier alpha value is -0.900. The third-order valence-corrected chi connectivity index (χ3v) is 2.92. The maximum absolute atomic E-state index is 5.69. The molecular weight excluding hydrogens is 188 g/mol. The van der Waals surface area contributed by atoms with E-state index in [0.717, 1.165) is 44.0 Å². The van der Waals surface area contributed by atoms with Gasteiger partial charge in [0, 0.05) is 19.4 Å². The molecule has 0 radical (unpaired) electrons. The van der Waals surface area contributed by atoms with Gasteiger partial charge >= 0.3 is 0 Å². The van der Waals surface area contributed by atoms with Crippen molar-refractivity contribution < 1.29 is 0 Å². The van der Waals surface area contributed by atoms with Crippen molar-refractivity contribution in [3.05, 3.63) is 11.6 Å². The molecule has 1 aliphatic rings. The van der Waals surface area contributed by atoms with Crippen LogP contribution in [0.3, 0.4) is 0 Å². The number of nitrogens with zero attached hydrogens (tertiary/aromatic N) is 3. The Morgan fingerprint density at radius 3 is 3.00 bits per heavy atom. The van der Waals surface area contributed by atoms with Gasteiger partial charge in [0.05, 0.1) is 0 Å². The molecule has 0 spiro atoms. The van der Waals surface area contributed by atoms with Gasteiger partial charge in [0.15, 0.2) is 5.82 Å². The van der Waals surface area contributed by atoms with E-state index in [1.54, 1.807) is 0 Å². The van der Waals surface area contributed by atoms with Crippen molar-refractivity contribution in [3.8, 4) is 0 Å². The molecule has 4 nitrogen and oxygen atoms in total. The third kappa shape index (κ3) is 2.37. The molecule has 1 aromatic heterocycles. The zero-order valence-corrected chi connectivity index (χ0v) is 9.61. The lowest BCUT2D eigenvalue weighted by atomic mass is 10.0. The van der Waals surface area contributed by atoms with Gasteiger partial charge in [-0.05, 0) is 24.8 Å². The maximum Gasteiger partial charge on any atom is 0.151 e. The second kappa shape index (κ2) is 4.31. The molecule has 2 heterocycles. The highest BCUT2D eigenvalue weighted by molar-refractivity contribution is 4.97. The van der Waals surface area contributed by atoms with Gasteiger partial charge in [0.1, 0.15) is 5.82 Å². The predicted molar refractivity (Wildman–Crippen MR) is 59.4 cm³/mol. The highest BCUT2D eigenvalue weighted by Gasteiger charge is 2.20. The first-order valence-electron chi connectivity index (χ1n) is 5.81. The molecular formula is C11H20N4. The average molecular weight is 208 g/mol. The van der Waals surface area contributed by atoms with Gasteiger partial charge in [-0.15, -0.1) is 0 Å². The number of rotatable bonds is 3. The van der Waals surface area contributed by atoms with Gasteiger partial charge in [0.25, 0.3) is 0 Å². The predicted octanol–water partition coefficient (Wildman–Crippen LogP) is 0.998. The summed E-state index contributed by atoms with van der Waals surface area (Å²) in [5, 5.41) is 4.54. The molecule has 0 saturated carbocycles. The fourth-order valence-electron chi connectivity index (χ4n) is 2.07. The van der Waals surface area contributed by atoms with Crippen molar-refractivity contribution in [3.63, 3.8) is 0 Å². The lowest BCUT2D eigenvalue weighted by Gasteiger charge is -2.20. The van der Waals surface area contributed by atoms with Crippen molar-refractivity contribution in [2.45, 2.75) is 39.7 Å². The molecule has 1 unspecified atom stereocenters. The van der Waals surface area contributed by atoms with Crippen molar-refractivity contribution in [2.75, 3.05) is 6.54 Å². The van der Waals surface area contributed by atoms with Crippen LogP contribution in [0, 0.1) is 11.8 Å². The molecule has 1 aliphatic heterocycles. The largest absolute Gasteiger partial charge is 0.330 e. The van der Waals surface area contributed by atoms with Crippen LogP contribution in [0.25, 0.3) is 0 Å². The Morgan fingerprint density at radius 1 is 1.53 bits per heavy atom. The molecule has 2 rings (SSSR count). The van der Waals surface area contributed by atoms with Crippen molar-refractivity contribution in [1.82, 2.24) is 14.8 Å². The van der Waals surface area contributed by atoms with Crippen LogP contribution in [0.15, 0.2) is 0 Å². The fraction of sp³-hybridized carbons (Fsp3) is 0.818. The summed E-state index contributed by atoms with van der Waals surface area (Å²) in [5.74, 6) is 3.36. The van der Waals surface area contributed by atoms with E-state index in [4.69, 9.17) is 5.73 Å². The number of aromatic nitrogens is 3. The van der Waals surface area contributed by atoms with Crippen LogP contribution in [-0.4, -0.2) is 21.3 Å². The summed E-state index contributed by atoms with van der Waals surface area (Å²) >= 11 is 0. The second-order valence-corrected chi connectivity index (χ2v) is 4.86. The van der Waals surface area contributed by atoms with E-state index in [1.165, 1.54) is 0 Å². The summed E-state index contributed by atoms with van der Waals surface area (Å²) in [6.07, 6.45) is 3.18. The van der Waals surface area contributed by atoms with Gasteiger partial charge in [-0.1, -0.05) is 13.8 Å². The first kappa shape index (κ1) is 10.6. The Bertz CT molecular complexity index is 329. The Labute approximate surface area is 90.9 Å². The zero-order valence-electron chi connectivity index (χ0n) is 9.61. The minimum atomic E-state index is 0.589. The van der Waals surface area contributed by atoms with Crippen LogP contribution in [0.1, 0.15) is 31.9 Å². The average Bonchev–Trinajstić information content (AvgIpc) is 2.57. The minimum Gasteiger partial charge on any atom is -0.330 e. The van der Waals surface area contributed by atoms with Gasteiger partial charge in [-0.3, -0.25) is 0 Å². The van der Waals surface area contributed by atoms with Crippen LogP contribution in [0.4, 0.5) is 0 Å². The van der Waals surface area contributed by atoms with Gasteiger partial charge < -0.3 is 5.73 Å². The highest BCUT2D eigenvalue weighted by atomic mass is 15.4. The Kier molecular flexibility index (Phi) is 3.05. The molecule has 1 atom stereocenters. The molecule has 4 heteroatoms. The van der Waals surface area contributed by atoms with Crippen LogP contribution >= 0.6 is 0 Å². The number of hydrogen-bond donors (Lipinski definition) is 1. The molecule has 0 saturated heterocycles. The highest BCUT2D eigenvalue weighted by Crippen LogP contribution is 2.18. The SMILES string of the molecule is CC(C)Cc1nc2n(n1)CC(CN)CC2. The van der Waals surface area contributed by atoms with E-state index < -0.39 is 0 Å². The van der Waals surface area contributed by atoms with E-state index in [2.05, 4.69) is 28.6 Å². The van der Waals surface area contributed by atoms with Crippen molar-refractivity contribution >= 4 is 0 Å². The molecule has 0 bridgehead atoms. The summed E-state index contributed by atoms with van der Waals surface area (Å²) in [6.45, 7) is 6.11. The quantitative estimate of drug-likeness (QED) is 0.806. The molecule has 0 aliphatic carbocycles. The third-order valence-electron chi connectivity index (χ3n) is 2.92. The smallest absolute Gasteiger partial charge is 0.151 e. The summed E-state index contributed by atoms with van der Waals surface area (Å²) in [6, 6.07) is 0. The second-order valence-electron chi connectivity index (χ2n) is 4.86. The lowest BCUT2D eigenvalue weighted by molar-refractivity contribution is 0.349. The fourth-order valence-corrected chi connectivity index (χ4v) is 2.07. The number of fused-ring (bicyclic) bond motifs is 1. The van der Waals surface area contributed by atoms with Crippen molar-refractivity contribution in [2.24, 2.45) is 17.6 Å². The number of aryl methyl sites for hydroxylation is 1. The molecule has 0 aromatic carbocycles. The lowest BCUT2D eigenvalue weighted by Crippen LogP contribution is -2.27. The summed E-state index contributed by atoms with van der Waals surface area (Å²) in [5.41, 5.74) is 5.69.